The van der Waals surface area contributed by atoms with Gasteiger partial charge in [0.15, 0.2) is 0 Å². The molecule has 3 nitrogen and oxygen atoms in total. The van der Waals surface area contributed by atoms with Crippen molar-refractivity contribution in [3.05, 3.63) is 27.1 Å². The number of rotatable bonds is 3. The van der Waals surface area contributed by atoms with Gasteiger partial charge in [0.2, 0.25) is 0 Å². The first-order valence-corrected chi connectivity index (χ1v) is 5.11. The van der Waals surface area contributed by atoms with E-state index < -0.39 is 12.4 Å². The molecule has 0 radical (unpaired) electrons. The topological polar surface area (TPSA) is 39.2 Å². The molecule has 0 bridgehead atoms. The van der Waals surface area contributed by atoms with Crippen molar-refractivity contribution in [2.24, 2.45) is 0 Å². The zero-order chi connectivity index (χ0) is 11.4. The van der Waals surface area contributed by atoms with Gasteiger partial charge in [0.1, 0.15) is 5.69 Å². The molecule has 0 aliphatic heterocycles. The van der Waals surface area contributed by atoms with Gasteiger partial charge >= 0.3 is 5.97 Å². The van der Waals surface area contributed by atoms with Gasteiger partial charge in [0.05, 0.1) is 13.5 Å². The molecule has 0 aromatic carbocycles. The summed E-state index contributed by atoms with van der Waals surface area (Å²) in [4.78, 5) is 14.5. The van der Waals surface area contributed by atoms with Gasteiger partial charge in [-0.2, -0.15) is 0 Å². The predicted octanol–water partition coefficient (Wildman–Crippen LogP) is 2.34. The largest absolute Gasteiger partial charge is 0.469 e. The summed E-state index contributed by atoms with van der Waals surface area (Å²) in [5, 5.41) is 0. The molecule has 0 fully saturated rings. The van der Waals surface area contributed by atoms with E-state index in [9.17, 15) is 13.6 Å². The van der Waals surface area contributed by atoms with Crippen LogP contribution in [0.2, 0.25) is 0 Å². The minimum atomic E-state index is -2.59. The van der Waals surface area contributed by atoms with Crippen molar-refractivity contribution in [2.45, 2.75) is 12.8 Å². The zero-order valence-electron chi connectivity index (χ0n) is 7.84. The second kappa shape index (κ2) is 5.34. The van der Waals surface area contributed by atoms with Gasteiger partial charge in [0, 0.05) is 9.77 Å². The highest BCUT2D eigenvalue weighted by atomic mass is 127. The van der Waals surface area contributed by atoms with Gasteiger partial charge in [-0.3, -0.25) is 9.78 Å². The molecule has 6 heteroatoms. The van der Waals surface area contributed by atoms with Gasteiger partial charge in [-0.15, -0.1) is 0 Å². The highest BCUT2D eigenvalue weighted by Gasteiger charge is 2.14. The Morgan fingerprint density at radius 1 is 1.67 bits per heavy atom. The minimum Gasteiger partial charge on any atom is -0.469 e. The Bertz CT molecular complexity index is 371. The predicted molar refractivity (Wildman–Crippen MR) is 57.6 cm³/mol. The van der Waals surface area contributed by atoms with Crippen molar-refractivity contribution < 1.29 is 18.3 Å². The van der Waals surface area contributed by atoms with Gasteiger partial charge < -0.3 is 4.74 Å². The molecule has 1 rings (SSSR count). The first kappa shape index (κ1) is 12.3. The summed E-state index contributed by atoms with van der Waals surface area (Å²) < 4.78 is 29.5. The first-order valence-electron chi connectivity index (χ1n) is 4.04. The van der Waals surface area contributed by atoms with Crippen molar-refractivity contribution in [2.75, 3.05) is 7.11 Å². The Balaban J connectivity index is 2.87. The van der Waals surface area contributed by atoms with E-state index in [1.807, 2.05) is 0 Å². The maximum Gasteiger partial charge on any atom is 0.310 e. The third-order valence-corrected chi connectivity index (χ3v) is 2.57. The van der Waals surface area contributed by atoms with Gasteiger partial charge in [-0.05, 0) is 34.2 Å². The smallest absolute Gasteiger partial charge is 0.310 e. The Kier molecular flexibility index (Phi) is 4.37. The van der Waals surface area contributed by atoms with Crippen LogP contribution >= 0.6 is 22.6 Å². The number of carbonyl (C=O) groups is 1. The molecule has 0 saturated heterocycles. The highest BCUT2D eigenvalue weighted by Crippen LogP contribution is 2.22. The number of halogens is 3. The number of methoxy groups -OCH3 is 1. The molecule has 0 saturated carbocycles. The van der Waals surface area contributed by atoms with Gasteiger partial charge in [0.25, 0.3) is 6.43 Å². The third-order valence-electron chi connectivity index (χ3n) is 1.71. The molecule has 0 amide bonds. The van der Waals surface area contributed by atoms with E-state index >= 15 is 0 Å². The van der Waals surface area contributed by atoms with E-state index in [4.69, 9.17) is 0 Å². The fraction of sp³-hybridized carbons (Fsp3) is 0.333. The third kappa shape index (κ3) is 3.37. The van der Waals surface area contributed by atoms with Crippen LogP contribution in [0, 0.1) is 3.57 Å². The molecule has 1 aromatic rings. The maximum atomic E-state index is 12.3. The molecule has 82 valence electrons. The molecule has 0 aliphatic rings. The number of carbonyl (C=O) groups excluding carboxylic acids is 1. The van der Waals surface area contributed by atoms with Crippen LogP contribution in [0.3, 0.4) is 0 Å². The van der Waals surface area contributed by atoms with Crippen LogP contribution in [0.15, 0.2) is 12.3 Å². The number of ether oxygens (including phenoxy) is 1. The van der Waals surface area contributed by atoms with E-state index in [1.54, 1.807) is 22.6 Å². The standard InChI is InChI=1S/C9H8F2INO2/c1-15-7(14)3-5-2-6(12)8(9(10)11)13-4-5/h2,4,9H,3H2,1H3. The van der Waals surface area contributed by atoms with Crippen molar-refractivity contribution in [1.82, 2.24) is 4.98 Å². The Morgan fingerprint density at radius 2 is 2.33 bits per heavy atom. The van der Waals surface area contributed by atoms with Crippen LogP contribution in [0.25, 0.3) is 0 Å². The lowest BCUT2D eigenvalue weighted by atomic mass is 10.2. The van der Waals surface area contributed by atoms with Crippen molar-refractivity contribution in [1.29, 1.82) is 0 Å². The van der Waals surface area contributed by atoms with Crippen LogP contribution < -0.4 is 0 Å². The normalized spacial score (nSPS) is 10.5. The van der Waals surface area contributed by atoms with E-state index in [1.165, 1.54) is 19.4 Å². The second-order valence-electron chi connectivity index (χ2n) is 2.76. The van der Waals surface area contributed by atoms with Crippen molar-refractivity contribution in [3.63, 3.8) is 0 Å². The average molecular weight is 327 g/mol. The maximum absolute atomic E-state index is 12.3. The van der Waals surface area contributed by atoms with Gasteiger partial charge in [-0.25, -0.2) is 8.78 Å². The summed E-state index contributed by atoms with van der Waals surface area (Å²) in [7, 11) is 1.27. The molecular weight excluding hydrogens is 319 g/mol. The molecule has 1 heterocycles. The Morgan fingerprint density at radius 3 is 2.80 bits per heavy atom. The quantitative estimate of drug-likeness (QED) is 0.632. The zero-order valence-corrected chi connectivity index (χ0v) is 9.99. The summed E-state index contributed by atoms with van der Waals surface area (Å²) in [5.41, 5.74) is 0.305. The number of pyridine rings is 1. The molecule has 0 spiro atoms. The van der Waals surface area contributed by atoms with Crippen LogP contribution in [0.1, 0.15) is 17.7 Å². The lowest BCUT2D eigenvalue weighted by Gasteiger charge is -2.04. The fourth-order valence-electron chi connectivity index (χ4n) is 0.984. The number of hydrogen-bond donors (Lipinski definition) is 0. The number of aromatic nitrogens is 1. The average Bonchev–Trinajstić information content (AvgIpc) is 2.17. The number of hydrogen-bond acceptors (Lipinski definition) is 3. The van der Waals surface area contributed by atoms with E-state index in [0.29, 0.717) is 9.13 Å². The van der Waals surface area contributed by atoms with Crippen LogP contribution in [0.5, 0.6) is 0 Å². The minimum absolute atomic E-state index is 0.0447. The van der Waals surface area contributed by atoms with Gasteiger partial charge in [-0.1, -0.05) is 0 Å². The van der Waals surface area contributed by atoms with E-state index in [0.717, 1.165) is 0 Å². The van der Waals surface area contributed by atoms with Crippen molar-refractivity contribution >= 4 is 28.6 Å². The van der Waals surface area contributed by atoms with E-state index in [-0.39, 0.29) is 12.1 Å². The van der Waals surface area contributed by atoms with E-state index in [2.05, 4.69) is 9.72 Å². The fourth-order valence-corrected chi connectivity index (χ4v) is 1.76. The molecular formula is C9H8F2INO2. The number of nitrogens with zero attached hydrogens (tertiary/aromatic N) is 1. The van der Waals surface area contributed by atoms with Crippen LogP contribution in [-0.4, -0.2) is 18.1 Å². The SMILES string of the molecule is COC(=O)Cc1cnc(C(F)F)c(I)c1. The lowest BCUT2D eigenvalue weighted by Crippen LogP contribution is -2.06. The molecule has 15 heavy (non-hydrogen) atoms. The molecule has 0 aliphatic carbocycles. The summed E-state index contributed by atoms with van der Waals surface area (Å²) in [6.07, 6.45) is -1.28. The van der Waals surface area contributed by atoms with Crippen molar-refractivity contribution in [3.8, 4) is 0 Å². The molecule has 1 aromatic heterocycles. The summed E-state index contributed by atoms with van der Waals surface area (Å²) in [6.45, 7) is 0. The highest BCUT2D eigenvalue weighted by molar-refractivity contribution is 14.1. The van der Waals surface area contributed by atoms with Crippen LogP contribution in [0.4, 0.5) is 8.78 Å². The summed E-state index contributed by atoms with van der Waals surface area (Å²) in [6, 6.07) is 1.51. The second-order valence-corrected chi connectivity index (χ2v) is 3.93. The Labute approximate surface area is 99.0 Å². The number of esters is 1. The summed E-state index contributed by atoms with van der Waals surface area (Å²) in [5.74, 6) is -0.419. The number of alkyl halides is 2. The van der Waals surface area contributed by atoms with Crippen LogP contribution in [-0.2, 0) is 16.0 Å². The molecule has 0 unspecified atom stereocenters. The Hall–Kier alpha value is -0.790. The molecule has 0 N–H and O–H groups in total. The summed E-state index contributed by atoms with van der Waals surface area (Å²) >= 11 is 1.77. The monoisotopic (exact) mass is 327 g/mol. The lowest BCUT2D eigenvalue weighted by molar-refractivity contribution is -0.139. The molecule has 0 atom stereocenters. The first-order chi connectivity index (χ1) is 7.04.